The third-order valence-corrected chi connectivity index (χ3v) is 7.36. The van der Waals surface area contributed by atoms with Crippen LogP contribution < -0.4 is 10.5 Å². The third-order valence-electron chi connectivity index (χ3n) is 5.51. The molecule has 0 N–H and O–H groups in total. The zero-order valence-electron chi connectivity index (χ0n) is 17.4. The minimum Gasteiger partial charge on any atom is -0.340 e. The number of aromatic nitrogens is 4. The fourth-order valence-corrected chi connectivity index (χ4v) is 5.48. The van der Waals surface area contributed by atoms with E-state index < -0.39 is 10.0 Å². The molecular weight excluding hydrogens is 404 g/mol. The zero-order valence-corrected chi connectivity index (χ0v) is 18.3. The lowest BCUT2D eigenvalue weighted by Gasteiger charge is -2.35. The predicted molar refractivity (Wildman–Crippen MR) is 116 cm³/mol. The van der Waals surface area contributed by atoms with Crippen LogP contribution in [0.1, 0.15) is 18.2 Å². The van der Waals surface area contributed by atoms with Crippen LogP contribution in [0.25, 0.3) is 11.0 Å². The number of rotatable bonds is 5. The average molecular weight is 431 g/mol. The van der Waals surface area contributed by atoms with Crippen molar-refractivity contribution >= 4 is 27.0 Å². The van der Waals surface area contributed by atoms with Crippen LogP contribution in [0.5, 0.6) is 0 Å². The Morgan fingerprint density at radius 3 is 2.37 bits per heavy atom. The zero-order chi connectivity index (χ0) is 21.5. The first-order chi connectivity index (χ1) is 14.3. The molecule has 1 aromatic carbocycles. The van der Waals surface area contributed by atoms with Gasteiger partial charge in [-0.2, -0.15) is 9.40 Å². The molecule has 4 rings (SSSR count). The molecule has 1 saturated heterocycles. The highest BCUT2D eigenvalue weighted by Crippen LogP contribution is 2.20. The van der Waals surface area contributed by atoms with Crippen LogP contribution in [0, 0.1) is 6.92 Å². The molecule has 1 aliphatic heterocycles. The molecule has 10 heteroatoms. The van der Waals surface area contributed by atoms with Crippen molar-refractivity contribution in [3.8, 4) is 0 Å². The van der Waals surface area contributed by atoms with Gasteiger partial charge in [-0.15, -0.1) is 0 Å². The van der Waals surface area contributed by atoms with Crippen molar-refractivity contribution in [3.63, 3.8) is 0 Å². The summed E-state index contributed by atoms with van der Waals surface area (Å²) >= 11 is 0. The fourth-order valence-electron chi connectivity index (χ4n) is 3.97. The second kappa shape index (κ2) is 7.84. The summed E-state index contributed by atoms with van der Waals surface area (Å²) < 4.78 is 30.4. The van der Waals surface area contributed by atoms with E-state index in [0.29, 0.717) is 55.4 Å². The number of nitrogens with zero attached hydrogens (tertiary/aromatic N) is 6. The summed E-state index contributed by atoms with van der Waals surface area (Å²) in [5.41, 5.74) is 2.44. The molecule has 0 atom stereocenters. The van der Waals surface area contributed by atoms with Gasteiger partial charge in [-0.05, 0) is 19.4 Å². The third kappa shape index (κ3) is 3.61. The highest BCUT2D eigenvalue weighted by molar-refractivity contribution is 7.88. The molecule has 1 fully saturated rings. The number of benzene rings is 1. The second-order valence-corrected chi connectivity index (χ2v) is 9.46. The van der Waals surface area contributed by atoms with Crippen molar-refractivity contribution in [2.24, 2.45) is 7.05 Å². The molecule has 3 heterocycles. The Morgan fingerprint density at radius 1 is 1.07 bits per heavy atom. The molecule has 0 spiro atoms. The lowest BCUT2D eigenvalue weighted by Crippen LogP contribution is -2.50. The average Bonchev–Trinajstić information content (AvgIpc) is 3.02. The number of fused-ring (bicyclic) bond motifs is 1. The Labute approximate surface area is 175 Å². The van der Waals surface area contributed by atoms with Crippen molar-refractivity contribution < 1.29 is 8.42 Å². The lowest BCUT2D eigenvalue weighted by atomic mass is 10.2. The minimum atomic E-state index is -3.40. The van der Waals surface area contributed by atoms with Gasteiger partial charge < -0.3 is 4.90 Å². The van der Waals surface area contributed by atoms with E-state index >= 15 is 0 Å². The van der Waals surface area contributed by atoms with Gasteiger partial charge in [-0.25, -0.2) is 13.4 Å². The van der Waals surface area contributed by atoms with Crippen molar-refractivity contribution in [3.05, 3.63) is 51.9 Å². The molecule has 0 aliphatic carbocycles. The van der Waals surface area contributed by atoms with Gasteiger partial charge in [0.1, 0.15) is 5.52 Å². The van der Waals surface area contributed by atoms with Crippen LogP contribution in [-0.2, 0) is 29.4 Å². The highest BCUT2D eigenvalue weighted by atomic mass is 32.2. The smallest absolute Gasteiger partial charge is 0.281 e. The van der Waals surface area contributed by atoms with E-state index in [1.807, 2.05) is 49.1 Å². The van der Waals surface area contributed by atoms with Gasteiger partial charge in [-0.3, -0.25) is 14.0 Å². The maximum Gasteiger partial charge on any atom is 0.281 e. The number of aryl methyl sites for hydroxylation is 2. The van der Waals surface area contributed by atoms with E-state index in [1.54, 1.807) is 16.3 Å². The van der Waals surface area contributed by atoms with Crippen molar-refractivity contribution in [1.29, 1.82) is 0 Å². The van der Waals surface area contributed by atoms with Crippen LogP contribution in [0.15, 0.2) is 35.1 Å². The molecule has 0 amide bonds. The molecule has 0 saturated carbocycles. The first-order valence-corrected chi connectivity index (χ1v) is 11.6. The monoisotopic (exact) mass is 430 g/mol. The van der Waals surface area contributed by atoms with Crippen LogP contribution >= 0.6 is 0 Å². The van der Waals surface area contributed by atoms with E-state index in [-0.39, 0.29) is 11.3 Å². The molecule has 30 heavy (non-hydrogen) atoms. The summed E-state index contributed by atoms with van der Waals surface area (Å²) in [5, 5.41) is 4.33. The van der Waals surface area contributed by atoms with Gasteiger partial charge in [0.15, 0.2) is 5.52 Å². The van der Waals surface area contributed by atoms with Crippen molar-refractivity contribution in [1.82, 2.24) is 23.6 Å². The standard InChI is InChI=1S/C20H26N6O3S/c1-4-26-19(27)18-17(15(2)22-23(18)3)21-20(26)24-10-12-25(13-11-24)30(28,29)14-16-8-6-5-7-9-16/h5-9H,4,10-14H2,1-3H3. The first kappa shape index (κ1) is 20.5. The predicted octanol–water partition coefficient (Wildman–Crippen LogP) is 1.11. The summed E-state index contributed by atoms with van der Waals surface area (Å²) in [6, 6.07) is 9.20. The maximum atomic E-state index is 13.0. The van der Waals surface area contributed by atoms with Crippen LogP contribution in [0.3, 0.4) is 0 Å². The maximum absolute atomic E-state index is 13.0. The molecule has 0 bridgehead atoms. The quantitative estimate of drug-likeness (QED) is 0.602. The van der Waals surface area contributed by atoms with E-state index in [1.165, 1.54) is 4.31 Å². The van der Waals surface area contributed by atoms with E-state index in [0.717, 1.165) is 5.56 Å². The van der Waals surface area contributed by atoms with Crippen LogP contribution in [0.2, 0.25) is 0 Å². The summed E-state index contributed by atoms with van der Waals surface area (Å²) in [6.07, 6.45) is 0. The Kier molecular flexibility index (Phi) is 5.37. The van der Waals surface area contributed by atoms with Crippen LogP contribution in [0.4, 0.5) is 5.95 Å². The molecule has 3 aromatic rings. The molecule has 1 aliphatic rings. The summed E-state index contributed by atoms with van der Waals surface area (Å²) in [5.74, 6) is 0.568. The summed E-state index contributed by atoms with van der Waals surface area (Å²) in [6.45, 7) is 5.90. The number of hydrogen-bond donors (Lipinski definition) is 0. The van der Waals surface area contributed by atoms with E-state index in [2.05, 4.69) is 5.10 Å². The number of sulfonamides is 1. The molecule has 9 nitrogen and oxygen atoms in total. The van der Waals surface area contributed by atoms with Crippen LogP contribution in [-0.4, -0.2) is 58.2 Å². The normalized spacial score (nSPS) is 15.8. The highest BCUT2D eigenvalue weighted by Gasteiger charge is 2.29. The number of piperazine rings is 1. The van der Waals surface area contributed by atoms with Gasteiger partial charge in [0.05, 0.1) is 11.4 Å². The van der Waals surface area contributed by atoms with Crippen molar-refractivity contribution in [2.45, 2.75) is 26.1 Å². The molecule has 0 unspecified atom stereocenters. The van der Waals surface area contributed by atoms with E-state index in [4.69, 9.17) is 4.98 Å². The molecule has 2 aromatic heterocycles. The fraction of sp³-hybridized carbons (Fsp3) is 0.450. The lowest BCUT2D eigenvalue weighted by molar-refractivity contribution is 0.379. The van der Waals surface area contributed by atoms with Gasteiger partial charge in [-0.1, -0.05) is 30.3 Å². The summed E-state index contributed by atoms with van der Waals surface area (Å²) in [7, 11) is -1.66. The second-order valence-electron chi connectivity index (χ2n) is 7.50. The van der Waals surface area contributed by atoms with Gasteiger partial charge >= 0.3 is 0 Å². The Bertz CT molecular complexity index is 1220. The minimum absolute atomic E-state index is 0.00734. The SMILES string of the molecule is CCn1c(N2CCN(S(=O)(=O)Cc3ccccc3)CC2)nc2c(C)nn(C)c2c1=O. The van der Waals surface area contributed by atoms with E-state index in [9.17, 15) is 13.2 Å². The largest absolute Gasteiger partial charge is 0.340 e. The topological polar surface area (TPSA) is 93.3 Å². The molecule has 0 radical (unpaired) electrons. The Balaban J connectivity index is 1.58. The number of hydrogen-bond acceptors (Lipinski definition) is 6. The van der Waals surface area contributed by atoms with Crippen molar-refractivity contribution in [2.75, 3.05) is 31.1 Å². The Morgan fingerprint density at radius 2 is 1.73 bits per heavy atom. The molecule has 160 valence electrons. The molecular formula is C20H26N6O3S. The first-order valence-electron chi connectivity index (χ1n) is 10.0. The summed E-state index contributed by atoms with van der Waals surface area (Å²) in [4.78, 5) is 19.7. The van der Waals surface area contributed by atoms with Gasteiger partial charge in [0, 0.05) is 39.8 Å². The Hall–Kier alpha value is -2.72. The van der Waals surface area contributed by atoms with Gasteiger partial charge in [0.25, 0.3) is 5.56 Å². The van der Waals surface area contributed by atoms with Gasteiger partial charge in [0.2, 0.25) is 16.0 Å². The number of anilines is 1.